The highest BCUT2D eigenvalue weighted by Gasteiger charge is 2.31. The molecule has 1 N–H and O–H groups in total. The van der Waals surface area contributed by atoms with E-state index in [4.69, 9.17) is 0 Å². The van der Waals surface area contributed by atoms with Crippen LogP contribution in [0.15, 0.2) is 53.4 Å². The summed E-state index contributed by atoms with van der Waals surface area (Å²) in [6.07, 6.45) is 3.28. The van der Waals surface area contributed by atoms with Crippen molar-refractivity contribution >= 4 is 44.3 Å². The van der Waals surface area contributed by atoms with Crippen LogP contribution in [0.5, 0.6) is 0 Å². The van der Waals surface area contributed by atoms with Crippen molar-refractivity contribution in [2.24, 2.45) is 0 Å². The summed E-state index contributed by atoms with van der Waals surface area (Å²) in [7, 11) is -3.34. The number of rotatable bonds is 6. The monoisotopic (exact) mass is 458 g/mol. The number of hydrogen-bond donors (Lipinski definition) is 1. The molecule has 9 heteroatoms. The van der Waals surface area contributed by atoms with Crippen molar-refractivity contribution in [3.8, 4) is 0 Å². The van der Waals surface area contributed by atoms with E-state index in [1.165, 1.54) is 17.0 Å². The van der Waals surface area contributed by atoms with Crippen LogP contribution in [0.1, 0.15) is 41.6 Å². The lowest BCUT2D eigenvalue weighted by atomic mass is 10.1. The first-order valence-corrected chi connectivity index (χ1v) is 12.6. The van der Waals surface area contributed by atoms with Gasteiger partial charge < -0.3 is 5.32 Å². The third kappa shape index (κ3) is 4.67. The molecule has 3 amide bonds. The van der Waals surface area contributed by atoms with Crippen molar-refractivity contribution < 1.29 is 22.8 Å². The van der Waals surface area contributed by atoms with Gasteiger partial charge in [0.15, 0.2) is 9.84 Å². The Labute approximate surface area is 185 Å². The number of sulfone groups is 1. The lowest BCUT2D eigenvalue weighted by Crippen LogP contribution is -2.28. The molecular weight excluding hydrogens is 436 g/mol. The topological polar surface area (TPSA) is 101 Å². The van der Waals surface area contributed by atoms with E-state index >= 15 is 0 Å². The van der Waals surface area contributed by atoms with E-state index in [1.807, 2.05) is 0 Å². The number of benzene rings is 2. The molecule has 7 nitrogen and oxygen atoms in total. The Morgan fingerprint density at radius 1 is 1.06 bits per heavy atom. The van der Waals surface area contributed by atoms with Crippen LogP contribution < -0.4 is 5.32 Å². The molecular formula is C22H22N2O5S2. The van der Waals surface area contributed by atoms with Gasteiger partial charge in [0.25, 0.3) is 11.1 Å². The summed E-state index contributed by atoms with van der Waals surface area (Å²) in [6, 6.07) is 13.0. The molecule has 31 heavy (non-hydrogen) atoms. The van der Waals surface area contributed by atoms with Gasteiger partial charge in [-0.1, -0.05) is 36.7 Å². The van der Waals surface area contributed by atoms with Gasteiger partial charge in [0.2, 0.25) is 5.91 Å². The normalized spacial score (nSPS) is 17.4. The molecule has 1 heterocycles. The van der Waals surface area contributed by atoms with Crippen molar-refractivity contribution in [1.29, 1.82) is 0 Å². The number of thioether (sulfide) groups is 1. The second-order valence-electron chi connectivity index (χ2n) is 7.66. The first-order chi connectivity index (χ1) is 14.8. The maximum absolute atomic E-state index is 12.7. The van der Waals surface area contributed by atoms with Crippen LogP contribution in [0.25, 0.3) is 0 Å². The molecule has 0 unspecified atom stereocenters. The van der Waals surface area contributed by atoms with Gasteiger partial charge in [-0.05, 0) is 54.8 Å². The molecule has 2 aromatic rings. The number of amides is 3. The molecule has 2 aromatic carbocycles. The molecule has 0 spiro atoms. The van der Waals surface area contributed by atoms with Gasteiger partial charge in [-0.25, -0.2) is 8.42 Å². The van der Waals surface area contributed by atoms with Crippen molar-refractivity contribution in [3.63, 3.8) is 0 Å². The highest BCUT2D eigenvalue weighted by atomic mass is 32.2. The second kappa shape index (κ2) is 8.84. The molecule has 0 radical (unpaired) electrons. The van der Waals surface area contributed by atoms with E-state index in [0.717, 1.165) is 24.6 Å². The molecule has 1 aliphatic heterocycles. The number of anilines is 1. The van der Waals surface area contributed by atoms with Gasteiger partial charge in [-0.2, -0.15) is 0 Å². The van der Waals surface area contributed by atoms with Gasteiger partial charge in [-0.15, -0.1) is 0 Å². The van der Waals surface area contributed by atoms with E-state index in [-0.39, 0.29) is 39.5 Å². The third-order valence-corrected chi connectivity index (χ3v) is 8.69. The van der Waals surface area contributed by atoms with E-state index in [1.54, 1.807) is 36.4 Å². The number of carbonyl (C=O) groups is 3. The number of nitrogens with zero attached hydrogens (tertiary/aromatic N) is 1. The zero-order chi connectivity index (χ0) is 22.0. The molecule has 1 aliphatic carbocycles. The van der Waals surface area contributed by atoms with Crippen LogP contribution in [0.3, 0.4) is 0 Å². The largest absolute Gasteiger partial charge is 0.322 e. The standard InChI is InChI=1S/C22H22N2O5S2/c25-20-14-30-22(27)24(20)13-15-4-3-5-16(12-15)21(26)23-17-8-10-19(11-9-17)31(28,29)18-6-1-2-7-18/h3-5,8-12,18H,1-2,6-7,13-14H2,(H,23,26). The maximum atomic E-state index is 12.7. The van der Waals surface area contributed by atoms with E-state index in [2.05, 4.69) is 5.32 Å². The Morgan fingerprint density at radius 2 is 1.77 bits per heavy atom. The van der Waals surface area contributed by atoms with Crippen LogP contribution in [0.2, 0.25) is 0 Å². The molecule has 0 aromatic heterocycles. The summed E-state index contributed by atoms with van der Waals surface area (Å²) in [5.74, 6) is -0.454. The number of carbonyl (C=O) groups excluding carboxylic acids is 3. The first-order valence-electron chi connectivity index (χ1n) is 10.1. The Kier molecular flexibility index (Phi) is 6.15. The van der Waals surface area contributed by atoms with E-state index in [0.29, 0.717) is 29.7 Å². The van der Waals surface area contributed by atoms with Crippen molar-refractivity contribution in [3.05, 3.63) is 59.7 Å². The molecule has 0 atom stereocenters. The Balaban J connectivity index is 1.43. The zero-order valence-corrected chi connectivity index (χ0v) is 18.4. The van der Waals surface area contributed by atoms with Gasteiger partial charge >= 0.3 is 0 Å². The van der Waals surface area contributed by atoms with Crippen LogP contribution in [0, 0.1) is 0 Å². The highest BCUT2D eigenvalue weighted by molar-refractivity contribution is 8.14. The minimum Gasteiger partial charge on any atom is -0.322 e. The molecule has 162 valence electrons. The second-order valence-corrected chi connectivity index (χ2v) is 10.8. The fourth-order valence-corrected chi connectivity index (χ4v) is 6.43. The van der Waals surface area contributed by atoms with Crippen molar-refractivity contribution in [1.82, 2.24) is 4.90 Å². The molecule has 0 bridgehead atoms. The van der Waals surface area contributed by atoms with Gasteiger partial charge in [0, 0.05) is 11.3 Å². The predicted molar refractivity (Wildman–Crippen MR) is 119 cm³/mol. The number of imide groups is 1. The van der Waals surface area contributed by atoms with E-state index in [9.17, 15) is 22.8 Å². The van der Waals surface area contributed by atoms with E-state index < -0.39 is 9.84 Å². The molecule has 1 saturated heterocycles. The zero-order valence-electron chi connectivity index (χ0n) is 16.7. The third-order valence-electron chi connectivity index (χ3n) is 5.55. The number of hydrogen-bond acceptors (Lipinski definition) is 6. The van der Waals surface area contributed by atoms with Crippen LogP contribution >= 0.6 is 11.8 Å². The smallest absolute Gasteiger partial charge is 0.289 e. The SMILES string of the molecule is O=C(Nc1ccc(S(=O)(=O)C2CCCC2)cc1)c1cccc(CN2C(=O)CSC2=O)c1. The molecule has 4 rings (SSSR count). The quantitative estimate of drug-likeness (QED) is 0.706. The Bertz CT molecular complexity index is 1110. The average molecular weight is 459 g/mol. The fraction of sp³-hybridized carbons (Fsp3) is 0.318. The minimum atomic E-state index is -3.34. The summed E-state index contributed by atoms with van der Waals surface area (Å²) in [5, 5.41) is 2.16. The van der Waals surface area contributed by atoms with Gasteiger partial charge in [0.1, 0.15) is 0 Å². The summed E-state index contributed by atoms with van der Waals surface area (Å²) in [5.41, 5.74) is 1.55. The molecule has 2 fully saturated rings. The van der Waals surface area contributed by atoms with Gasteiger partial charge in [0.05, 0.1) is 22.4 Å². The Morgan fingerprint density at radius 3 is 2.42 bits per heavy atom. The lowest BCUT2D eigenvalue weighted by Gasteiger charge is -2.14. The first kappa shape index (κ1) is 21.6. The van der Waals surface area contributed by atoms with Crippen molar-refractivity contribution in [2.45, 2.75) is 42.4 Å². The highest BCUT2D eigenvalue weighted by Crippen LogP contribution is 2.30. The Hall–Kier alpha value is -2.65. The summed E-state index contributed by atoms with van der Waals surface area (Å²) < 4.78 is 25.3. The summed E-state index contributed by atoms with van der Waals surface area (Å²) >= 11 is 0.971. The number of nitrogens with one attached hydrogen (secondary N) is 1. The lowest BCUT2D eigenvalue weighted by molar-refractivity contribution is -0.125. The molecule has 2 aliphatic rings. The van der Waals surface area contributed by atoms with Crippen LogP contribution in [0.4, 0.5) is 10.5 Å². The van der Waals surface area contributed by atoms with Crippen molar-refractivity contribution in [2.75, 3.05) is 11.1 Å². The fourth-order valence-electron chi connectivity index (χ4n) is 3.85. The van der Waals surface area contributed by atoms with Gasteiger partial charge in [-0.3, -0.25) is 19.3 Å². The van der Waals surface area contributed by atoms with Crippen LogP contribution in [-0.2, 0) is 21.2 Å². The molecule has 1 saturated carbocycles. The minimum absolute atomic E-state index is 0.125. The average Bonchev–Trinajstić information content (AvgIpc) is 3.41. The summed E-state index contributed by atoms with van der Waals surface area (Å²) in [6.45, 7) is 0.125. The predicted octanol–water partition coefficient (Wildman–Crippen LogP) is 3.85. The summed E-state index contributed by atoms with van der Waals surface area (Å²) in [4.78, 5) is 37.7. The maximum Gasteiger partial charge on any atom is 0.289 e. The van der Waals surface area contributed by atoms with Crippen LogP contribution in [-0.4, -0.2) is 41.4 Å².